The van der Waals surface area contributed by atoms with Crippen LogP contribution in [-0.4, -0.2) is 94.9 Å². The van der Waals surface area contributed by atoms with Crippen LogP contribution in [0.5, 0.6) is 6.01 Å². The molecular formula is C48H59F2N7O3Si. The fourth-order valence-electron chi connectivity index (χ4n) is 11.3. The van der Waals surface area contributed by atoms with Gasteiger partial charge in [-0.1, -0.05) is 53.5 Å². The average Bonchev–Trinajstić information content (AvgIpc) is 3.87. The zero-order chi connectivity index (χ0) is 43.6. The van der Waals surface area contributed by atoms with Gasteiger partial charge in [0.15, 0.2) is 5.82 Å². The van der Waals surface area contributed by atoms with Crippen LogP contribution in [0, 0.1) is 34.4 Å². The second kappa shape index (κ2) is 16.1. The summed E-state index contributed by atoms with van der Waals surface area (Å²) in [6.45, 7) is 22.2. The van der Waals surface area contributed by atoms with Crippen molar-refractivity contribution in [2.45, 2.75) is 141 Å². The van der Waals surface area contributed by atoms with Gasteiger partial charge in [-0.2, -0.15) is 15.2 Å². The largest absolute Gasteiger partial charge is 0.461 e. The molecule has 4 aromatic rings. The summed E-state index contributed by atoms with van der Waals surface area (Å²) >= 11 is 0. The highest BCUT2D eigenvalue weighted by molar-refractivity contribution is 6.90. The first-order valence-corrected chi connectivity index (χ1v) is 24.4. The lowest BCUT2D eigenvalue weighted by atomic mass is 9.94. The number of hydrogen-bond donors (Lipinski definition) is 0. The van der Waals surface area contributed by atoms with Crippen LogP contribution < -0.4 is 9.64 Å². The molecule has 6 heterocycles. The molecular weight excluding hydrogens is 789 g/mol. The highest BCUT2D eigenvalue weighted by Crippen LogP contribution is 2.44. The second-order valence-corrected chi connectivity index (χ2v) is 25.3. The van der Waals surface area contributed by atoms with Crippen molar-refractivity contribution < 1.29 is 23.0 Å². The van der Waals surface area contributed by atoms with E-state index in [-0.39, 0.29) is 57.6 Å². The number of nitrogens with zero attached hydrogens (tertiary/aromatic N) is 7. The molecule has 1 amide bonds. The van der Waals surface area contributed by atoms with E-state index in [9.17, 15) is 10.1 Å². The second-order valence-electron chi connectivity index (χ2n) is 19.7. The summed E-state index contributed by atoms with van der Waals surface area (Å²) in [5, 5.41) is 11.5. The van der Waals surface area contributed by atoms with Crippen molar-refractivity contribution >= 4 is 41.7 Å². The maximum absolute atomic E-state index is 17.7. The third-order valence-corrected chi connectivity index (χ3v) is 20.3. The first kappa shape index (κ1) is 42.8. The summed E-state index contributed by atoms with van der Waals surface area (Å²) in [4.78, 5) is 34.4. The lowest BCUT2D eigenvalue weighted by Crippen LogP contribution is -2.57. The predicted molar refractivity (Wildman–Crippen MR) is 238 cm³/mol. The molecule has 4 aliphatic heterocycles. The topological polar surface area (TPSA) is 108 Å². The smallest absolute Gasteiger partial charge is 0.410 e. The van der Waals surface area contributed by atoms with Gasteiger partial charge in [-0.05, 0) is 113 Å². The number of ether oxygens (including phenoxy) is 2. The minimum atomic E-state index is -2.30. The number of pyridine rings is 1. The van der Waals surface area contributed by atoms with E-state index in [0.717, 1.165) is 51.6 Å². The van der Waals surface area contributed by atoms with Gasteiger partial charge in [0.05, 0.1) is 40.2 Å². The van der Waals surface area contributed by atoms with E-state index in [4.69, 9.17) is 24.4 Å². The number of fused-ring (bicyclic) bond motifs is 5. The summed E-state index contributed by atoms with van der Waals surface area (Å²) in [5.74, 6) is 2.56. The van der Waals surface area contributed by atoms with Crippen LogP contribution in [0.15, 0.2) is 30.5 Å². The van der Waals surface area contributed by atoms with Crippen LogP contribution >= 0.6 is 0 Å². The van der Waals surface area contributed by atoms with Crippen molar-refractivity contribution in [2.75, 3.05) is 37.7 Å². The summed E-state index contributed by atoms with van der Waals surface area (Å²) in [6.07, 6.45) is 7.09. The van der Waals surface area contributed by atoms with Gasteiger partial charge in [-0.3, -0.25) is 14.8 Å². The number of piperazine rings is 1. The van der Waals surface area contributed by atoms with Crippen molar-refractivity contribution in [2.24, 2.45) is 0 Å². The molecule has 0 radical (unpaired) electrons. The molecule has 4 fully saturated rings. The van der Waals surface area contributed by atoms with E-state index >= 15 is 8.78 Å². The number of carbonyl (C=O) groups excluding carboxylic acids is 1. The Bertz CT molecular complexity index is 2440. The number of rotatable bonds is 8. The molecule has 13 heteroatoms. The monoisotopic (exact) mass is 847 g/mol. The van der Waals surface area contributed by atoms with Gasteiger partial charge in [-0.15, -0.1) is 5.54 Å². The summed E-state index contributed by atoms with van der Waals surface area (Å²) in [7, 11) is -2.30. The van der Waals surface area contributed by atoms with Crippen molar-refractivity contribution in [3.8, 4) is 34.8 Å². The number of carbonyl (C=O) groups is 1. The molecule has 0 unspecified atom stereocenters. The van der Waals surface area contributed by atoms with E-state index in [0.29, 0.717) is 58.3 Å². The van der Waals surface area contributed by atoms with Crippen molar-refractivity contribution in [3.63, 3.8) is 0 Å². The fourth-order valence-corrected chi connectivity index (χ4v) is 16.5. The van der Waals surface area contributed by atoms with E-state index in [1.165, 1.54) is 6.07 Å². The number of nitriles is 1. The molecule has 2 aromatic heterocycles. The number of amides is 1. The Balaban J connectivity index is 1.28. The molecule has 61 heavy (non-hydrogen) atoms. The van der Waals surface area contributed by atoms with Crippen LogP contribution in [0.4, 0.5) is 19.4 Å². The molecule has 322 valence electrons. The highest BCUT2D eigenvalue weighted by atomic mass is 28.3. The zero-order valence-electron chi connectivity index (χ0n) is 37.2. The van der Waals surface area contributed by atoms with Gasteiger partial charge in [0, 0.05) is 30.2 Å². The van der Waals surface area contributed by atoms with Gasteiger partial charge < -0.3 is 14.4 Å². The summed E-state index contributed by atoms with van der Waals surface area (Å²) in [5.41, 5.74) is 4.54. The van der Waals surface area contributed by atoms with Crippen LogP contribution in [-0.2, 0) is 4.74 Å². The number of halogens is 2. The van der Waals surface area contributed by atoms with Gasteiger partial charge in [0.25, 0.3) is 0 Å². The van der Waals surface area contributed by atoms with E-state index < -0.39 is 25.3 Å². The molecule has 10 nitrogen and oxygen atoms in total. The number of aromatic nitrogens is 3. The third kappa shape index (κ3) is 7.60. The van der Waals surface area contributed by atoms with Crippen LogP contribution in [0.2, 0.25) is 16.6 Å². The van der Waals surface area contributed by atoms with E-state index in [1.807, 2.05) is 25.7 Å². The molecule has 2 bridgehead atoms. The van der Waals surface area contributed by atoms with Crippen molar-refractivity contribution in [1.29, 1.82) is 5.26 Å². The number of anilines is 1. The quantitative estimate of drug-likeness (QED) is 0.127. The third-order valence-electron chi connectivity index (χ3n) is 14.0. The summed E-state index contributed by atoms with van der Waals surface area (Å²) < 4.78 is 46.3. The predicted octanol–water partition coefficient (Wildman–Crippen LogP) is 10.2. The lowest BCUT2D eigenvalue weighted by molar-refractivity contribution is 0.0122. The Hall–Kier alpha value is -4.85. The standard InChI is InChI=1S/C48H59F2N7O3Si/c1-29(2)61(30(3)4,31(5)6)21-16-36-39(49)15-12-33-22-32(24-51)23-37(40(33)36)42-41(50)43-38(25-52-42)44(54-45(53-43)59-28-48-17-10-19-56(48)20-11-18-48)55-26-34-13-14-35(27-55)57(34)46(58)60-47(7,8)9/h12,15,22-23,25,29-31,34-35H,10-11,13-14,17-20,26-28H2,1-9H3/t34-,35+. The average molecular weight is 848 g/mol. The van der Waals surface area contributed by atoms with Crippen LogP contribution in [0.25, 0.3) is 32.9 Å². The zero-order valence-corrected chi connectivity index (χ0v) is 38.2. The van der Waals surface area contributed by atoms with Crippen LogP contribution in [0.3, 0.4) is 0 Å². The first-order valence-electron chi connectivity index (χ1n) is 22.2. The van der Waals surface area contributed by atoms with Crippen LogP contribution in [0.1, 0.15) is 112 Å². The molecule has 0 aliphatic carbocycles. The Kier molecular flexibility index (Phi) is 11.3. The number of benzene rings is 2. The SMILES string of the molecule is CC(C)[Si](C#Cc1c(F)ccc2cc(C#N)cc(-c3ncc4c(N5C[C@H]6CC[C@@H](C5)N6C(=O)OC(C)(C)C)nc(OCC56CCCN5CCC6)nc4c3F)c12)(C(C)C)C(C)C. The Morgan fingerprint density at radius 2 is 1.64 bits per heavy atom. The Morgan fingerprint density at radius 3 is 2.25 bits per heavy atom. The molecule has 0 saturated carbocycles. The minimum absolute atomic E-state index is 0.0181. The van der Waals surface area contributed by atoms with Crippen molar-refractivity contribution in [3.05, 3.63) is 53.2 Å². The maximum Gasteiger partial charge on any atom is 0.410 e. The normalized spacial score (nSPS) is 20.1. The molecule has 4 aliphatic rings. The summed E-state index contributed by atoms with van der Waals surface area (Å²) in [6, 6.07) is 8.29. The number of hydrogen-bond acceptors (Lipinski definition) is 9. The molecule has 2 atom stereocenters. The molecule has 0 N–H and O–H groups in total. The Morgan fingerprint density at radius 1 is 0.984 bits per heavy atom. The molecule has 2 aromatic carbocycles. The van der Waals surface area contributed by atoms with Gasteiger partial charge in [-0.25, -0.2) is 13.6 Å². The van der Waals surface area contributed by atoms with E-state index in [2.05, 4.69) is 68.9 Å². The van der Waals surface area contributed by atoms with Gasteiger partial charge in [0.1, 0.15) is 43.1 Å². The Labute approximate surface area is 360 Å². The van der Waals surface area contributed by atoms with Gasteiger partial charge in [0.2, 0.25) is 0 Å². The molecule has 0 spiro atoms. The molecule has 8 rings (SSSR count). The van der Waals surface area contributed by atoms with E-state index in [1.54, 1.807) is 24.4 Å². The van der Waals surface area contributed by atoms with Crippen molar-refractivity contribution in [1.82, 2.24) is 24.8 Å². The van der Waals surface area contributed by atoms with Gasteiger partial charge >= 0.3 is 12.1 Å². The maximum atomic E-state index is 17.7. The highest BCUT2D eigenvalue weighted by Gasteiger charge is 2.47. The lowest BCUT2D eigenvalue weighted by Gasteiger charge is -2.42. The minimum Gasteiger partial charge on any atom is -0.461 e. The molecule has 4 saturated heterocycles. The fraction of sp³-hybridized carbons (Fsp3) is 0.562. The first-order chi connectivity index (χ1) is 29.0.